The van der Waals surface area contributed by atoms with Gasteiger partial charge in [0.25, 0.3) is 0 Å². The summed E-state index contributed by atoms with van der Waals surface area (Å²) in [6.07, 6.45) is 3.07. The normalized spacial score (nSPS) is 12.7. The number of hydrogen-bond acceptors (Lipinski definition) is 4. The lowest BCUT2D eigenvalue weighted by Crippen LogP contribution is -2.40. The third-order valence-corrected chi connectivity index (χ3v) is 3.34. The number of hydrogen-bond donors (Lipinski definition) is 2. The van der Waals surface area contributed by atoms with Crippen LogP contribution >= 0.6 is 35.7 Å². The predicted octanol–water partition coefficient (Wildman–Crippen LogP) is 1.57. The van der Waals surface area contributed by atoms with E-state index in [1.807, 2.05) is 11.8 Å². The minimum atomic E-state index is 0. The Balaban J connectivity index is 0. The Kier molecular flexibility index (Phi) is 18.5. The highest BCUT2D eigenvalue weighted by Gasteiger charge is 2.01. The Labute approximate surface area is 138 Å². The number of ether oxygens (including phenoxy) is 2. The molecule has 19 heavy (non-hydrogen) atoms. The monoisotopic (exact) mass is 405 g/mol. The molecule has 0 aromatic rings. The van der Waals surface area contributed by atoms with E-state index in [-0.39, 0.29) is 24.0 Å². The second kappa shape index (κ2) is 16.3. The highest BCUT2D eigenvalue weighted by molar-refractivity contribution is 14.0. The average Bonchev–Trinajstić information content (AvgIpc) is 2.40. The van der Waals surface area contributed by atoms with Crippen LogP contribution in [0.1, 0.15) is 13.3 Å². The van der Waals surface area contributed by atoms with Gasteiger partial charge in [0.15, 0.2) is 5.96 Å². The molecule has 116 valence electrons. The van der Waals surface area contributed by atoms with E-state index in [4.69, 9.17) is 9.47 Å². The zero-order valence-electron chi connectivity index (χ0n) is 12.4. The maximum Gasteiger partial charge on any atom is 0.191 e. The Morgan fingerprint density at radius 1 is 1.26 bits per heavy atom. The molecule has 0 aromatic heterocycles. The van der Waals surface area contributed by atoms with E-state index in [0.29, 0.717) is 18.5 Å². The van der Waals surface area contributed by atoms with Gasteiger partial charge in [0.2, 0.25) is 0 Å². The zero-order valence-corrected chi connectivity index (χ0v) is 15.5. The minimum absolute atomic E-state index is 0. The van der Waals surface area contributed by atoms with E-state index < -0.39 is 0 Å². The van der Waals surface area contributed by atoms with E-state index in [1.165, 1.54) is 0 Å². The molecule has 0 bridgehead atoms. The maximum atomic E-state index is 5.38. The van der Waals surface area contributed by atoms with Crippen molar-refractivity contribution in [3.05, 3.63) is 0 Å². The van der Waals surface area contributed by atoms with Crippen molar-refractivity contribution in [2.75, 3.05) is 53.3 Å². The molecule has 5 nitrogen and oxygen atoms in total. The lowest BCUT2D eigenvalue weighted by atomic mass is 10.4. The quantitative estimate of drug-likeness (QED) is 0.250. The summed E-state index contributed by atoms with van der Waals surface area (Å²) >= 11 is 1.84. The van der Waals surface area contributed by atoms with Gasteiger partial charge in [0.1, 0.15) is 0 Å². The molecule has 7 heteroatoms. The lowest BCUT2D eigenvalue weighted by Gasteiger charge is -2.14. The highest BCUT2D eigenvalue weighted by atomic mass is 127. The van der Waals surface area contributed by atoms with Crippen LogP contribution in [0.5, 0.6) is 0 Å². The van der Waals surface area contributed by atoms with Gasteiger partial charge >= 0.3 is 0 Å². The lowest BCUT2D eigenvalue weighted by molar-refractivity contribution is 0.0698. The molecule has 0 spiro atoms. The van der Waals surface area contributed by atoms with Crippen LogP contribution in [0.4, 0.5) is 0 Å². The molecule has 2 N–H and O–H groups in total. The van der Waals surface area contributed by atoms with Gasteiger partial charge in [-0.15, -0.1) is 24.0 Å². The number of aliphatic imine (C=N–C) groups is 1. The molecule has 0 aromatic carbocycles. The third kappa shape index (κ3) is 14.5. The number of methoxy groups -OCH3 is 1. The molecule has 0 aliphatic carbocycles. The molecule has 0 saturated carbocycles. The van der Waals surface area contributed by atoms with E-state index >= 15 is 0 Å². The summed E-state index contributed by atoms with van der Waals surface area (Å²) in [5.41, 5.74) is 0. The molecular formula is C12H28IN3O2S. The first-order valence-electron chi connectivity index (χ1n) is 6.28. The molecule has 0 aliphatic rings. The maximum absolute atomic E-state index is 5.38. The number of nitrogens with zero attached hydrogens (tertiary/aromatic N) is 1. The van der Waals surface area contributed by atoms with Gasteiger partial charge in [0.05, 0.1) is 13.2 Å². The Hall–Kier alpha value is 0.270. The summed E-state index contributed by atoms with van der Waals surface area (Å²) in [4.78, 5) is 4.17. The molecule has 0 saturated heterocycles. The van der Waals surface area contributed by atoms with Crippen molar-refractivity contribution >= 4 is 41.7 Å². The number of rotatable bonds is 10. The van der Waals surface area contributed by atoms with E-state index in [0.717, 1.165) is 32.1 Å². The predicted molar refractivity (Wildman–Crippen MR) is 95.1 cm³/mol. The summed E-state index contributed by atoms with van der Waals surface area (Å²) < 4.78 is 10.3. The minimum Gasteiger partial charge on any atom is -0.382 e. The van der Waals surface area contributed by atoms with Gasteiger partial charge in [-0.2, -0.15) is 11.8 Å². The van der Waals surface area contributed by atoms with Gasteiger partial charge in [0, 0.05) is 39.1 Å². The van der Waals surface area contributed by atoms with Crippen LogP contribution < -0.4 is 10.6 Å². The second-order valence-electron chi connectivity index (χ2n) is 3.88. The number of guanidine groups is 1. The van der Waals surface area contributed by atoms with Crippen molar-refractivity contribution < 1.29 is 9.47 Å². The first-order valence-corrected chi connectivity index (χ1v) is 7.57. The molecule has 1 atom stereocenters. The molecule has 0 heterocycles. The first kappa shape index (κ1) is 21.6. The van der Waals surface area contributed by atoms with Crippen molar-refractivity contribution in [3.8, 4) is 0 Å². The van der Waals surface area contributed by atoms with E-state index in [1.54, 1.807) is 14.2 Å². The molecule has 0 amide bonds. The van der Waals surface area contributed by atoms with Crippen LogP contribution in [-0.4, -0.2) is 64.5 Å². The largest absolute Gasteiger partial charge is 0.382 e. The fourth-order valence-corrected chi connectivity index (χ4v) is 1.42. The molecule has 0 radical (unpaired) electrons. The van der Waals surface area contributed by atoms with Gasteiger partial charge < -0.3 is 20.1 Å². The average molecular weight is 405 g/mol. The topological polar surface area (TPSA) is 54.9 Å². The summed E-state index contributed by atoms with van der Waals surface area (Å²) in [6.45, 7) is 6.03. The zero-order chi connectivity index (χ0) is 13.6. The Morgan fingerprint density at radius 3 is 2.58 bits per heavy atom. The SMILES string of the molecule is CN=C(NCCCOCCOC)NCC(C)SC.I. The van der Waals surface area contributed by atoms with Gasteiger partial charge in [-0.25, -0.2) is 0 Å². The second-order valence-corrected chi connectivity index (χ2v) is 5.16. The van der Waals surface area contributed by atoms with Crippen LogP contribution in [-0.2, 0) is 9.47 Å². The molecule has 1 unspecified atom stereocenters. The highest BCUT2D eigenvalue weighted by Crippen LogP contribution is 2.01. The van der Waals surface area contributed by atoms with Crippen molar-refractivity contribution in [3.63, 3.8) is 0 Å². The smallest absolute Gasteiger partial charge is 0.191 e. The van der Waals surface area contributed by atoms with Gasteiger partial charge in [-0.1, -0.05) is 6.92 Å². The molecule has 0 fully saturated rings. The fourth-order valence-electron chi connectivity index (χ4n) is 1.17. The summed E-state index contributed by atoms with van der Waals surface area (Å²) in [5, 5.41) is 7.13. The van der Waals surface area contributed by atoms with Crippen LogP contribution in [0, 0.1) is 0 Å². The van der Waals surface area contributed by atoms with Crippen molar-refractivity contribution in [2.24, 2.45) is 4.99 Å². The van der Waals surface area contributed by atoms with E-state index in [9.17, 15) is 0 Å². The number of halogens is 1. The third-order valence-electron chi connectivity index (χ3n) is 2.37. The summed E-state index contributed by atoms with van der Waals surface area (Å²) in [5.74, 6) is 0.854. The number of thioether (sulfide) groups is 1. The van der Waals surface area contributed by atoms with Gasteiger partial charge in [-0.3, -0.25) is 4.99 Å². The fraction of sp³-hybridized carbons (Fsp3) is 0.917. The van der Waals surface area contributed by atoms with Crippen molar-refractivity contribution in [1.82, 2.24) is 10.6 Å². The number of nitrogens with one attached hydrogen (secondary N) is 2. The first-order chi connectivity index (χ1) is 8.74. The Bertz CT molecular complexity index is 221. The molecule has 0 aliphatic heterocycles. The summed E-state index contributed by atoms with van der Waals surface area (Å²) in [6, 6.07) is 0. The molecular weight excluding hydrogens is 377 g/mol. The standard InChI is InChI=1S/C12H27N3O2S.HI/c1-11(18-4)10-15-12(13-2)14-6-5-7-17-9-8-16-3;/h11H,5-10H2,1-4H3,(H2,13,14,15);1H. The summed E-state index contributed by atoms with van der Waals surface area (Å²) in [7, 11) is 3.46. The van der Waals surface area contributed by atoms with Crippen LogP contribution in [0.25, 0.3) is 0 Å². The van der Waals surface area contributed by atoms with Crippen LogP contribution in [0.15, 0.2) is 4.99 Å². The molecule has 0 rings (SSSR count). The van der Waals surface area contributed by atoms with Crippen molar-refractivity contribution in [1.29, 1.82) is 0 Å². The van der Waals surface area contributed by atoms with Crippen LogP contribution in [0.3, 0.4) is 0 Å². The van der Waals surface area contributed by atoms with Crippen LogP contribution in [0.2, 0.25) is 0 Å². The Morgan fingerprint density at radius 2 is 2.00 bits per heavy atom. The van der Waals surface area contributed by atoms with E-state index in [2.05, 4.69) is 28.8 Å². The van der Waals surface area contributed by atoms with Gasteiger partial charge in [-0.05, 0) is 12.7 Å². The van der Waals surface area contributed by atoms with Crippen molar-refractivity contribution in [2.45, 2.75) is 18.6 Å².